The third kappa shape index (κ3) is 14.9. The van der Waals surface area contributed by atoms with Crippen LogP contribution in [0.2, 0.25) is 0 Å². The van der Waals surface area contributed by atoms with Crippen molar-refractivity contribution in [1.82, 2.24) is 58.6 Å². The summed E-state index contributed by atoms with van der Waals surface area (Å²) < 4.78 is 7.13. The van der Waals surface area contributed by atoms with Crippen LogP contribution in [-0.2, 0) is 0 Å². The standard InChI is InChI=1S/C43H28N4.2C41H26N4/c1-2-14-30(15-3-1)41-44-42(46-43(45-41)34-26-25-29-13-4-5-16-31(29)27-34)33-18-12-17-32(28-33)35-19-6-9-22-38(35)47-39-23-10-7-20-36(39)37-21-8-11-24-40(37)47;1-2-14-28(15-3-1)39-42-40(44-41(43-39)35-22-12-17-27-13-4-6-18-31(27)35)30-25-29-16-5-7-19-32(29)38(26-30)45-36-23-10-8-20-33(36)34-21-9-11-24-37(34)45;1-2-13-28(14-3-1)39-42-40(31-23-22-27-12-4-5-15-29(27)24-31)44-41(43-39)32-25-30-16-6-7-17-33(30)38(26-32)45-36-20-10-8-18-34(36)35-19-9-11-21-37(35)45/h1-28H;2*1-26H. The molecule has 0 bridgehead atoms. The van der Waals surface area contributed by atoms with Gasteiger partial charge in [0.25, 0.3) is 0 Å². The van der Waals surface area contributed by atoms with Crippen LogP contribution in [0.25, 0.3) is 250 Å². The fraction of sp³-hybridized carbons (Fsp3) is 0. The second kappa shape index (κ2) is 34.6. The van der Waals surface area contributed by atoms with E-state index in [-0.39, 0.29) is 0 Å². The summed E-state index contributed by atoms with van der Waals surface area (Å²) in [5.74, 6) is 5.81. The quantitative estimate of drug-likeness (QED) is 0.111. The summed E-state index contributed by atoms with van der Waals surface area (Å²) in [6.07, 6.45) is 0. The zero-order chi connectivity index (χ0) is 90.6. The molecule has 0 radical (unpaired) electrons. The molecule has 640 valence electrons. The van der Waals surface area contributed by atoms with E-state index in [1.54, 1.807) is 0 Å². The van der Waals surface area contributed by atoms with Crippen molar-refractivity contribution in [2.45, 2.75) is 0 Å². The lowest BCUT2D eigenvalue weighted by molar-refractivity contribution is 1.07. The lowest BCUT2D eigenvalue weighted by Crippen LogP contribution is -2.02. The molecule has 0 aliphatic rings. The van der Waals surface area contributed by atoms with E-state index < -0.39 is 0 Å². The summed E-state index contributed by atoms with van der Waals surface area (Å²) in [6.45, 7) is 0. The molecule has 27 rings (SSSR count). The minimum absolute atomic E-state index is 0.637. The van der Waals surface area contributed by atoms with Crippen LogP contribution in [0.5, 0.6) is 0 Å². The van der Waals surface area contributed by atoms with E-state index in [1.165, 1.54) is 75.9 Å². The Hall–Kier alpha value is -18.7. The molecule has 0 aliphatic carbocycles. The first-order valence-corrected chi connectivity index (χ1v) is 46.0. The Labute approximate surface area is 788 Å². The van der Waals surface area contributed by atoms with Crippen molar-refractivity contribution in [3.8, 4) is 131 Å². The second-order valence-electron chi connectivity index (χ2n) is 34.3. The fourth-order valence-electron chi connectivity index (χ4n) is 19.6. The number of aromatic nitrogens is 12. The molecule has 21 aromatic carbocycles. The summed E-state index contributed by atoms with van der Waals surface area (Å²) >= 11 is 0. The number of benzene rings is 21. The molecule has 0 saturated carbocycles. The van der Waals surface area contributed by atoms with Crippen LogP contribution in [0, 0.1) is 0 Å². The van der Waals surface area contributed by atoms with Crippen molar-refractivity contribution in [3.63, 3.8) is 0 Å². The number of para-hydroxylation sites is 7. The number of nitrogens with zero attached hydrogens (tertiary/aromatic N) is 12. The SMILES string of the molecule is c1ccc(-c2nc(-c3cc(-n4c5ccccc5c5ccccc54)c4ccccc4c3)nc(-c3cccc4ccccc34)n2)cc1.c1ccc(-c2nc(-c3ccc4ccccc4c3)nc(-c3cc(-n4c5ccccc5c5ccccc54)c4ccccc4c3)n2)cc1.c1ccc(-c2nc(-c3cccc(-c4ccccc4-n4c5ccccc5c5ccccc54)c3)nc(-c3ccc4ccccc4c3)n2)cc1. The van der Waals surface area contributed by atoms with E-state index in [1.807, 2.05) is 78.9 Å². The highest BCUT2D eigenvalue weighted by atomic mass is 15.1. The Bertz CT molecular complexity index is 9220. The Kier molecular flexibility index (Phi) is 20.3. The zero-order valence-electron chi connectivity index (χ0n) is 74.1. The Morgan fingerprint density at radius 2 is 0.365 bits per heavy atom. The van der Waals surface area contributed by atoms with Crippen molar-refractivity contribution >= 4 is 119 Å². The van der Waals surface area contributed by atoms with Gasteiger partial charge in [-0.15, -0.1) is 0 Å². The first-order valence-electron chi connectivity index (χ1n) is 46.0. The van der Waals surface area contributed by atoms with Crippen LogP contribution >= 0.6 is 0 Å². The molecule has 137 heavy (non-hydrogen) atoms. The van der Waals surface area contributed by atoms with Crippen LogP contribution in [0.3, 0.4) is 0 Å². The molecular formula is C125H80N12. The maximum atomic E-state index is 5.17. The van der Waals surface area contributed by atoms with Crippen molar-refractivity contribution in [3.05, 3.63) is 485 Å². The second-order valence-corrected chi connectivity index (χ2v) is 34.3. The van der Waals surface area contributed by atoms with Gasteiger partial charge in [-0.05, 0) is 134 Å². The van der Waals surface area contributed by atoms with Gasteiger partial charge in [0.2, 0.25) is 0 Å². The summed E-state index contributed by atoms with van der Waals surface area (Å²) in [6, 6.07) is 169. The van der Waals surface area contributed by atoms with Gasteiger partial charge in [-0.3, -0.25) is 0 Å². The predicted molar refractivity (Wildman–Crippen MR) is 564 cm³/mol. The maximum Gasteiger partial charge on any atom is 0.164 e. The summed E-state index contributed by atoms with van der Waals surface area (Å²) in [7, 11) is 0. The minimum Gasteiger partial charge on any atom is -0.309 e. The summed E-state index contributed by atoms with van der Waals surface area (Å²) in [5.41, 5.74) is 21.1. The van der Waals surface area contributed by atoms with E-state index in [4.69, 9.17) is 44.9 Å². The van der Waals surface area contributed by atoms with E-state index in [2.05, 4.69) is 420 Å². The molecule has 0 atom stereocenters. The molecule has 6 heterocycles. The van der Waals surface area contributed by atoms with Crippen molar-refractivity contribution in [1.29, 1.82) is 0 Å². The number of fused-ring (bicyclic) bond motifs is 14. The van der Waals surface area contributed by atoms with Gasteiger partial charge in [0, 0.05) is 98.7 Å². The van der Waals surface area contributed by atoms with Gasteiger partial charge in [0.05, 0.1) is 50.2 Å². The molecule has 0 N–H and O–H groups in total. The number of rotatable bonds is 13. The molecule has 0 amide bonds. The third-order valence-electron chi connectivity index (χ3n) is 26.0. The molecule has 0 saturated heterocycles. The van der Waals surface area contributed by atoms with Crippen molar-refractivity contribution < 1.29 is 0 Å². The average Bonchev–Trinajstić information content (AvgIpc) is 1.60. The molecule has 6 aromatic heterocycles. The normalized spacial score (nSPS) is 11.5. The first kappa shape index (κ1) is 80.4. The highest BCUT2D eigenvalue weighted by Crippen LogP contribution is 2.44. The van der Waals surface area contributed by atoms with Gasteiger partial charge < -0.3 is 13.7 Å². The monoisotopic (exact) mass is 1750 g/mol. The van der Waals surface area contributed by atoms with Crippen molar-refractivity contribution in [2.75, 3.05) is 0 Å². The molecule has 27 aromatic rings. The third-order valence-corrected chi connectivity index (χ3v) is 26.0. The largest absolute Gasteiger partial charge is 0.309 e. The van der Waals surface area contributed by atoms with Crippen LogP contribution in [0.15, 0.2) is 485 Å². The van der Waals surface area contributed by atoms with Crippen molar-refractivity contribution in [2.24, 2.45) is 0 Å². The average molecular weight is 1750 g/mol. The molecule has 0 aliphatic heterocycles. The lowest BCUT2D eigenvalue weighted by atomic mass is 10.0. The topological polar surface area (TPSA) is 131 Å². The highest BCUT2D eigenvalue weighted by Gasteiger charge is 2.25. The number of hydrogen-bond donors (Lipinski definition) is 0. The van der Waals surface area contributed by atoms with Gasteiger partial charge in [-0.25, -0.2) is 44.9 Å². The molecule has 0 spiro atoms. The van der Waals surface area contributed by atoms with Crippen LogP contribution in [-0.4, -0.2) is 58.6 Å². The van der Waals surface area contributed by atoms with Gasteiger partial charge >= 0.3 is 0 Å². The molecule has 0 fully saturated rings. The van der Waals surface area contributed by atoms with E-state index >= 15 is 0 Å². The molecule has 0 unspecified atom stereocenters. The lowest BCUT2D eigenvalue weighted by Gasteiger charge is -2.15. The Morgan fingerprint density at radius 3 is 0.766 bits per heavy atom. The van der Waals surface area contributed by atoms with Crippen LogP contribution in [0.1, 0.15) is 0 Å². The van der Waals surface area contributed by atoms with Crippen LogP contribution in [0.4, 0.5) is 0 Å². The van der Waals surface area contributed by atoms with Crippen LogP contribution < -0.4 is 0 Å². The smallest absolute Gasteiger partial charge is 0.164 e. The minimum atomic E-state index is 0.637. The Morgan fingerprint density at radius 1 is 0.117 bits per heavy atom. The van der Waals surface area contributed by atoms with E-state index in [0.717, 1.165) is 122 Å². The van der Waals surface area contributed by atoms with E-state index in [0.29, 0.717) is 52.4 Å². The van der Waals surface area contributed by atoms with Gasteiger partial charge in [-0.1, -0.05) is 400 Å². The Balaban J connectivity index is 0.000000109. The number of hydrogen-bond acceptors (Lipinski definition) is 9. The summed E-state index contributed by atoms with van der Waals surface area (Å²) in [4.78, 5) is 45.6. The predicted octanol–water partition coefficient (Wildman–Crippen LogP) is 31.3. The van der Waals surface area contributed by atoms with E-state index in [9.17, 15) is 0 Å². The molecule has 12 nitrogen and oxygen atoms in total. The highest BCUT2D eigenvalue weighted by molar-refractivity contribution is 6.14. The maximum absolute atomic E-state index is 5.17. The van der Waals surface area contributed by atoms with Gasteiger partial charge in [0.1, 0.15) is 0 Å². The summed E-state index contributed by atoms with van der Waals surface area (Å²) in [5, 5.41) is 18.9. The zero-order valence-corrected chi connectivity index (χ0v) is 74.1. The fourth-order valence-corrected chi connectivity index (χ4v) is 19.6. The molecular weight excluding hydrogens is 1670 g/mol. The first-order chi connectivity index (χ1) is 67.9. The van der Waals surface area contributed by atoms with Gasteiger partial charge in [0.15, 0.2) is 52.4 Å². The molecule has 12 heteroatoms. The van der Waals surface area contributed by atoms with Gasteiger partial charge in [-0.2, -0.15) is 0 Å².